The number of hydrogen-bond acceptors (Lipinski definition) is 6. The summed E-state index contributed by atoms with van der Waals surface area (Å²) in [6, 6.07) is 14.2. The van der Waals surface area contributed by atoms with Crippen LogP contribution in [0.25, 0.3) is 20.7 Å². The molecular formula is C23H21N3O2S3. The topological polar surface area (TPSA) is 64.0 Å². The molecule has 1 aliphatic rings. The molecule has 8 heteroatoms. The highest BCUT2D eigenvalue weighted by molar-refractivity contribution is 7.99. The van der Waals surface area contributed by atoms with Crippen LogP contribution in [0.15, 0.2) is 63.2 Å². The first-order valence-electron chi connectivity index (χ1n) is 10.1. The van der Waals surface area contributed by atoms with E-state index in [1.54, 1.807) is 23.0 Å². The smallest absolute Gasteiger partial charge is 0.263 e. The third kappa shape index (κ3) is 4.20. The van der Waals surface area contributed by atoms with E-state index in [2.05, 4.69) is 17.4 Å². The van der Waals surface area contributed by atoms with Crippen LogP contribution < -0.4 is 10.9 Å². The number of thioether (sulfide) groups is 1. The summed E-state index contributed by atoms with van der Waals surface area (Å²) in [6.07, 6.45) is 2.29. The summed E-state index contributed by atoms with van der Waals surface area (Å²) < 4.78 is 1.56. The van der Waals surface area contributed by atoms with Crippen LogP contribution in [-0.2, 0) is 11.8 Å². The van der Waals surface area contributed by atoms with Gasteiger partial charge in [0.25, 0.3) is 5.56 Å². The lowest BCUT2D eigenvalue weighted by Gasteiger charge is -2.18. The fraction of sp³-hybridized carbons (Fsp3) is 0.261. The van der Waals surface area contributed by atoms with E-state index in [4.69, 9.17) is 4.98 Å². The average molecular weight is 468 g/mol. The van der Waals surface area contributed by atoms with Crippen LogP contribution in [0.3, 0.4) is 0 Å². The van der Waals surface area contributed by atoms with Gasteiger partial charge in [-0.2, -0.15) is 0 Å². The summed E-state index contributed by atoms with van der Waals surface area (Å²) in [6.45, 7) is 0. The molecule has 31 heavy (non-hydrogen) atoms. The van der Waals surface area contributed by atoms with Gasteiger partial charge < -0.3 is 5.32 Å². The van der Waals surface area contributed by atoms with Gasteiger partial charge in [0, 0.05) is 22.9 Å². The fourth-order valence-electron chi connectivity index (χ4n) is 3.70. The molecule has 1 aromatic carbocycles. The molecular weight excluding hydrogens is 446 g/mol. The maximum Gasteiger partial charge on any atom is 0.263 e. The first-order valence-corrected chi connectivity index (χ1v) is 12.9. The van der Waals surface area contributed by atoms with Crippen LogP contribution >= 0.6 is 34.4 Å². The summed E-state index contributed by atoms with van der Waals surface area (Å²) in [7, 11) is 1.72. The van der Waals surface area contributed by atoms with Crippen LogP contribution in [-0.4, -0.2) is 21.2 Å². The second-order valence-corrected chi connectivity index (χ2v) is 10.4. The number of hydrogen-bond donors (Lipinski definition) is 1. The van der Waals surface area contributed by atoms with Crippen molar-refractivity contribution in [3.05, 3.63) is 69.1 Å². The van der Waals surface area contributed by atoms with Gasteiger partial charge in [0.15, 0.2) is 5.16 Å². The van der Waals surface area contributed by atoms with Crippen molar-refractivity contribution in [1.82, 2.24) is 14.9 Å². The zero-order chi connectivity index (χ0) is 21.4. The molecule has 3 heterocycles. The van der Waals surface area contributed by atoms with Crippen molar-refractivity contribution in [2.45, 2.75) is 24.0 Å². The van der Waals surface area contributed by atoms with Crippen LogP contribution in [0.1, 0.15) is 24.4 Å². The van der Waals surface area contributed by atoms with Crippen molar-refractivity contribution in [2.75, 3.05) is 5.75 Å². The SMILES string of the molecule is Cn1c(SCC(=O)NC(c2ccccc2)C2CC2)nc2scc(-c3cccs3)c2c1=O. The molecule has 0 spiro atoms. The quantitative estimate of drug-likeness (QED) is 0.304. The Kier molecular flexibility index (Phi) is 5.69. The zero-order valence-electron chi connectivity index (χ0n) is 16.9. The van der Waals surface area contributed by atoms with Crippen LogP contribution in [0, 0.1) is 5.92 Å². The van der Waals surface area contributed by atoms with Gasteiger partial charge in [0.1, 0.15) is 4.83 Å². The Balaban J connectivity index is 1.33. The maximum atomic E-state index is 13.1. The summed E-state index contributed by atoms with van der Waals surface area (Å²) in [4.78, 5) is 32.2. The van der Waals surface area contributed by atoms with E-state index in [-0.39, 0.29) is 23.3 Å². The predicted molar refractivity (Wildman–Crippen MR) is 129 cm³/mol. The van der Waals surface area contributed by atoms with Gasteiger partial charge in [-0.15, -0.1) is 22.7 Å². The monoisotopic (exact) mass is 467 g/mol. The molecule has 3 aromatic heterocycles. The Hall–Kier alpha value is -2.42. The molecule has 1 amide bonds. The number of rotatable bonds is 7. The van der Waals surface area contributed by atoms with E-state index in [9.17, 15) is 9.59 Å². The van der Waals surface area contributed by atoms with Gasteiger partial charge in [-0.25, -0.2) is 4.98 Å². The van der Waals surface area contributed by atoms with Gasteiger partial charge in [-0.1, -0.05) is 48.2 Å². The van der Waals surface area contributed by atoms with Crippen LogP contribution in [0.4, 0.5) is 0 Å². The Morgan fingerprint density at radius 3 is 2.74 bits per heavy atom. The number of nitrogens with zero attached hydrogens (tertiary/aromatic N) is 2. The number of thiophene rings is 2. The van der Waals surface area contributed by atoms with E-state index in [0.717, 1.165) is 33.7 Å². The number of fused-ring (bicyclic) bond motifs is 1. The first-order chi connectivity index (χ1) is 15.1. The third-order valence-corrected chi connectivity index (χ3v) is 8.27. The van der Waals surface area contributed by atoms with E-state index >= 15 is 0 Å². The molecule has 5 rings (SSSR count). The Bertz CT molecular complexity index is 1270. The first kappa shape index (κ1) is 20.5. The van der Waals surface area contributed by atoms with E-state index in [0.29, 0.717) is 16.5 Å². The molecule has 158 valence electrons. The Morgan fingerprint density at radius 1 is 1.23 bits per heavy atom. The lowest BCUT2D eigenvalue weighted by molar-refractivity contribution is -0.119. The number of carbonyl (C=O) groups is 1. The van der Waals surface area contributed by atoms with Crippen molar-refractivity contribution in [2.24, 2.45) is 13.0 Å². The number of nitrogens with one attached hydrogen (secondary N) is 1. The predicted octanol–water partition coefficient (Wildman–Crippen LogP) is 5.08. The molecule has 1 N–H and O–H groups in total. The summed E-state index contributed by atoms with van der Waals surface area (Å²) >= 11 is 4.39. The number of benzene rings is 1. The molecule has 5 nitrogen and oxygen atoms in total. The minimum Gasteiger partial charge on any atom is -0.348 e. The van der Waals surface area contributed by atoms with Crippen molar-refractivity contribution in [1.29, 1.82) is 0 Å². The van der Waals surface area contributed by atoms with Crippen molar-refractivity contribution in [3.63, 3.8) is 0 Å². The van der Waals surface area contributed by atoms with E-state index < -0.39 is 0 Å². The van der Waals surface area contributed by atoms with Crippen LogP contribution in [0.5, 0.6) is 0 Å². The number of amides is 1. The van der Waals surface area contributed by atoms with Gasteiger partial charge in [0.05, 0.1) is 17.2 Å². The van der Waals surface area contributed by atoms with Gasteiger partial charge in [0.2, 0.25) is 5.91 Å². The Morgan fingerprint density at radius 2 is 2.03 bits per heavy atom. The van der Waals surface area contributed by atoms with Gasteiger partial charge in [-0.05, 0) is 35.8 Å². The number of carbonyl (C=O) groups excluding carboxylic acids is 1. The highest BCUT2D eigenvalue weighted by atomic mass is 32.2. The van der Waals surface area contributed by atoms with Gasteiger partial charge in [-0.3, -0.25) is 14.2 Å². The van der Waals surface area contributed by atoms with Gasteiger partial charge >= 0.3 is 0 Å². The second-order valence-electron chi connectivity index (χ2n) is 7.65. The number of aromatic nitrogens is 2. The highest BCUT2D eigenvalue weighted by Crippen LogP contribution is 2.41. The highest BCUT2D eigenvalue weighted by Gasteiger charge is 2.33. The minimum atomic E-state index is -0.0716. The molecule has 0 bridgehead atoms. The zero-order valence-corrected chi connectivity index (χ0v) is 19.4. The molecule has 1 atom stereocenters. The molecule has 0 saturated heterocycles. The minimum absolute atomic E-state index is 0.0365. The molecule has 0 radical (unpaired) electrons. The molecule has 1 saturated carbocycles. The molecule has 1 unspecified atom stereocenters. The van der Waals surface area contributed by atoms with Crippen LogP contribution in [0.2, 0.25) is 0 Å². The molecule has 1 fully saturated rings. The lowest BCUT2D eigenvalue weighted by Crippen LogP contribution is -2.31. The van der Waals surface area contributed by atoms with E-state index in [1.807, 2.05) is 41.1 Å². The summed E-state index contributed by atoms with van der Waals surface area (Å²) in [5.41, 5.74) is 2.01. The molecule has 1 aliphatic carbocycles. The summed E-state index contributed by atoms with van der Waals surface area (Å²) in [5, 5.41) is 8.40. The molecule has 4 aromatic rings. The standard InChI is InChI=1S/C23H21N3O2S3/c1-26-22(28)19-16(17-8-5-11-29-17)12-30-21(19)25-23(26)31-13-18(27)24-20(15-9-10-15)14-6-3-2-4-7-14/h2-8,11-12,15,20H,9-10,13H2,1H3,(H,24,27). The van der Waals surface area contributed by atoms with Crippen molar-refractivity contribution < 1.29 is 4.79 Å². The summed E-state index contributed by atoms with van der Waals surface area (Å²) in [5.74, 6) is 0.702. The Labute approximate surface area is 192 Å². The average Bonchev–Trinajstić information content (AvgIpc) is 3.30. The maximum absolute atomic E-state index is 13.1. The normalized spacial score (nSPS) is 14.6. The fourth-order valence-corrected chi connectivity index (χ4v) is 6.29. The van der Waals surface area contributed by atoms with Crippen molar-refractivity contribution in [3.8, 4) is 10.4 Å². The lowest BCUT2D eigenvalue weighted by atomic mass is 10.0. The largest absolute Gasteiger partial charge is 0.348 e. The molecule has 0 aliphatic heterocycles. The second kappa shape index (κ2) is 8.61. The van der Waals surface area contributed by atoms with Crippen molar-refractivity contribution >= 4 is 50.6 Å². The third-order valence-electron chi connectivity index (χ3n) is 5.46. The van der Waals surface area contributed by atoms with E-state index in [1.165, 1.54) is 23.1 Å².